The first-order valence-electron chi connectivity index (χ1n) is 9.68. The van der Waals surface area contributed by atoms with Gasteiger partial charge in [0.05, 0.1) is 11.9 Å². The van der Waals surface area contributed by atoms with Crippen LogP contribution in [0.4, 0.5) is 8.78 Å². The van der Waals surface area contributed by atoms with E-state index in [9.17, 15) is 8.78 Å². The predicted octanol–water partition coefficient (Wildman–Crippen LogP) is 5.09. The standard InChI is InChI=1S/C22H19F2N5O/c1-12(2)8-19-27-26-18-7-4-14(11-28(18)19)21-20(16-6-5-15(23)9-17(16)24)25-22-29(21)10-13(3)30-22/h4-7,9-12H,8H2,1-3H3. The molecule has 0 N–H and O–H groups in total. The van der Waals surface area contributed by atoms with Crippen molar-refractivity contribution in [1.82, 2.24) is 24.0 Å². The number of fused-ring (bicyclic) bond motifs is 2. The van der Waals surface area contributed by atoms with E-state index in [0.717, 1.165) is 29.5 Å². The van der Waals surface area contributed by atoms with Gasteiger partial charge in [-0.05, 0) is 37.1 Å². The van der Waals surface area contributed by atoms with Gasteiger partial charge in [0.1, 0.15) is 28.9 Å². The second kappa shape index (κ2) is 6.76. The van der Waals surface area contributed by atoms with Crippen LogP contribution in [0, 0.1) is 24.5 Å². The maximum Gasteiger partial charge on any atom is 0.307 e. The summed E-state index contributed by atoms with van der Waals surface area (Å²) in [5.41, 5.74) is 2.75. The third kappa shape index (κ3) is 2.96. The number of aryl methyl sites for hydroxylation is 1. The van der Waals surface area contributed by atoms with E-state index in [1.165, 1.54) is 12.1 Å². The van der Waals surface area contributed by atoms with Crippen LogP contribution in [0.25, 0.3) is 34.0 Å². The molecule has 4 heterocycles. The molecule has 0 spiro atoms. The SMILES string of the molecule is Cc1cn2c(-c3ccc4nnc(CC(C)C)n4c3)c(-c3ccc(F)cc3F)nc2o1. The molecule has 5 rings (SSSR count). The van der Waals surface area contributed by atoms with Crippen LogP contribution < -0.4 is 0 Å². The van der Waals surface area contributed by atoms with Crippen molar-refractivity contribution >= 4 is 11.5 Å². The van der Waals surface area contributed by atoms with E-state index in [1.807, 2.05) is 29.7 Å². The molecule has 0 saturated carbocycles. The average molecular weight is 407 g/mol. The molecule has 0 aliphatic rings. The zero-order chi connectivity index (χ0) is 21.0. The smallest absolute Gasteiger partial charge is 0.307 e. The van der Waals surface area contributed by atoms with Gasteiger partial charge in [-0.2, -0.15) is 4.98 Å². The van der Waals surface area contributed by atoms with Gasteiger partial charge in [-0.3, -0.25) is 8.80 Å². The first kappa shape index (κ1) is 18.5. The van der Waals surface area contributed by atoms with Crippen molar-refractivity contribution in [3.8, 4) is 22.5 Å². The van der Waals surface area contributed by atoms with Crippen molar-refractivity contribution in [3.05, 3.63) is 65.9 Å². The summed E-state index contributed by atoms with van der Waals surface area (Å²) in [5, 5.41) is 8.53. The highest BCUT2D eigenvalue weighted by Crippen LogP contribution is 2.35. The molecular formula is C22H19F2N5O. The van der Waals surface area contributed by atoms with E-state index in [4.69, 9.17) is 4.42 Å². The minimum absolute atomic E-state index is 0.203. The van der Waals surface area contributed by atoms with Gasteiger partial charge in [-0.25, -0.2) is 8.78 Å². The number of rotatable bonds is 4. The number of benzene rings is 1. The van der Waals surface area contributed by atoms with Gasteiger partial charge in [0.15, 0.2) is 5.65 Å². The lowest BCUT2D eigenvalue weighted by molar-refractivity contribution is 0.562. The van der Waals surface area contributed by atoms with E-state index in [-0.39, 0.29) is 5.56 Å². The molecule has 0 amide bonds. The van der Waals surface area contributed by atoms with Crippen LogP contribution in [0.5, 0.6) is 0 Å². The van der Waals surface area contributed by atoms with Gasteiger partial charge < -0.3 is 4.42 Å². The Bertz CT molecular complexity index is 1400. The fraction of sp³-hybridized carbons (Fsp3) is 0.227. The number of hydrogen-bond donors (Lipinski definition) is 0. The van der Waals surface area contributed by atoms with Crippen LogP contribution in [0.3, 0.4) is 0 Å². The van der Waals surface area contributed by atoms with Crippen LogP contribution in [0.1, 0.15) is 25.4 Å². The Hall–Kier alpha value is -3.55. The van der Waals surface area contributed by atoms with Gasteiger partial charge in [0.2, 0.25) is 0 Å². The molecule has 0 bridgehead atoms. The first-order valence-corrected chi connectivity index (χ1v) is 9.68. The number of oxazole rings is 1. The summed E-state index contributed by atoms with van der Waals surface area (Å²) in [6, 6.07) is 7.22. The van der Waals surface area contributed by atoms with Crippen molar-refractivity contribution in [1.29, 1.82) is 0 Å². The van der Waals surface area contributed by atoms with E-state index in [1.54, 1.807) is 10.6 Å². The zero-order valence-electron chi connectivity index (χ0n) is 16.7. The summed E-state index contributed by atoms with van der Waals surface area (Å²) >= 11 is 0. The molecule has 152 valence electrons. The second-order valence-electron chi connectivity index (χ2n) is 7.79. The number of aromatic nitrogens is 5. The molecule has 0 saturated heterocycles. The number of halogens is 2. The molecule has 0 atom stereocenters. The monoisotopic (exact) mass is 407 g/mol. The molecule has 0 fully saturated rings. The maximum absolute atomic E-state index is 14.6. The normalized spacial score (nSPS) is 11.9. The van der Waals surface area contributed by atoms with Gasteiger partial charge in [0.25, 0.3) is 0 Å². The fourth-order valence-corrected chi connectivity index (χ4v) is 3.68. The van der Waals surface area contributed by atoms with Crippen LogP contribution in [-0.4, -0.2) is 24.0 Å². The summed E-state index contributed by atoms with van der Waals surface area (Å²) in [6.07, 6.45) is 4.49. The van der Waals surface area contributed by atoms with E-state index in [2.05, 4.69) is 29.0 Å². The molecule has 0 aliphatic carbocycles. The molecule has 0 radical (unpaired) electrons. The lowest BCUT2D eigenvalue weighted by Gasteiger charge is -2.08. The molecular weight excluding hydrogens is 388 g/mol. The van der Waals surface area contributed by atoms with E-state index >= 15 is 0 Å². The van der Waals surface area contributed by atoms with Crippen molar-refractivity contribution in [3.63, 3.8) is 0 Å². The summed E-state index contributed by atoms with van der Waals surface area (Å²) in [6.45, 7) is 6.06. The fourth-order valence-electron chi connectivity index (χ4n) is 3.68. The highest BCUT2D eigenvalue weighted by Gasteiger charge is 2.22. The number of imidazole rings is 1. The number of pyridine rings is 1. The lowest BCUT2D eigenvalue weighted by atomic mass is 10.1. The van der Waals surface area contributed by atoms with E-state index in [0.29, 0.717) is 28.9 Å². The minimum Gasteiger partial charge on any atom is -0.429 e. The van der Waals surface area contributed by atoms with Crippen molar-refractivity contribution in [2.45, 2.75) is 27.2 Å². The predicted molar refractivity (Wildman–Crippen MR) is 108 cm³/mol. The molecule has 1 aromatic carbocycles. The number of nitrogens with zero attached hydrogens (tertiary/aromatic N) is 5. The van der Waals surface area contributed by atoms with Crippen LogP contribution in [-0.2, 0) is 6.42 Å². The first-order chi connectivity index (χ1) is 14.4. The second-order valence-corrected chi connectivity index (χ2v) is 7.79. The molecule has 4 aromatic heterocycles. The Morgan fingerprint density at radius 3 is 2.63 bits per heavy atom. The Morgan fingerprint density at radius 2 is 1.87 bits per heavy atom. The summed E-state index contributed by atoms with van der Waals surface area (Å²) in [5.74, 6) is 0.965. The zero-order valence-corrected chi connectivity index (χ0v) is 16.7. The van der Waals surface area contributed by atoms with E-state index < -0.39 is 11.6 Å². The highest BCUT2D eigenvalue weighted by molar-refractivity contribution is 5.81. The molecule has 30 heavy (non-hydrogen) atoms. The third-order valence-electron chi connectivity index (χ3n) is 4.97. The van der Waals surface area contributed by atoms with Crippen LogP contribution in [0.2, 0.25) is 0 Å². The van der Waals surface area contributed by atoms with Crippen molar-refractivity contribution in [2.75, 3.05) is 0 Å². The summed E-state index contributed by atoms with van der Waals surface area (Å²) < 4.78 is 37.5. The molecule has 8 heteroatoms. The molecule has 5 aromatic rings. The van der Waals surface area contributed by atoms with Crippen LogP contribution >= 0.6 is 0 Å². The van der Waals surface area contributed by atoms with Gasteiger partial charge in [-0.1, -0.05) is 13.8 Å². The van der Waals surface area contributed by atoms with Gasteiger partial charge in [-0.15, -0.1) is 10.2 Å². The number of hydrogen-bond acceptors (Lipinski definition) is 4. The lowest BCUT2D eigenvalue weighted by Crippen LogP contribution is -2.01. The molecule has 6 nitrogen and oxygen atoms in total. The Kier molecular flexibility index (Phi) is 4.16. The molecule has 0 aliphatic heterocycles. The van der Waals surface area contributed by atoms with Crippen LogP contribution in [0.15, 0.2) is 47.1 Å². The largest absolute Gasteiger partial charge is 0.429 e. The maximum atomic E-state index is 14.6. The quantitative estimate of drug-likeness (QED) is 0.416. The summed E-state index contributed by atoms with van der Waals surface area (Å²) in [4.78, 5) is 4.50. The highest BCUT2D eigenvalue weighted by atomic mass is 19.1. The topological polar surface area (TPSA) is 60.6 Å². The Morgan fingerprint density at radius 1 is 1.03 bits per heavy atom. The van der Waals surface area contributed by atoms with Gasteiger partial charge >= 0.3 is 5.84 Å². The average Bonchev–Trinajstić information content (AvgIpc) is 3.33. The minimum atomic E-state index is -0.681. The van der Waals surface area contributed by atoms with Crippen molar-refractivity contribution in [2.24, 2.45) is 5.92 Å². The Balaban J connectivity index is 1.77. The molecule has 0 unspecified atom stereocenters. The summed E-state index contributed by atoms with van der Waals surface area (Å²) in [7, 11) is 0. The van der Waals surface area contributed by atoms with Gasteiger partial charge in [0, 0.05) is 29.8 Å². The Labute approximate surface area is 170 Å². The van der Waals surface area contributed by atoms with Crippen molar-refractivity contribution < 1.29 is 13.2 Å². The third-order valence-corrected chi connectivity index (χ3v) is 4.97.